The lowest BCUT2D eigenvalue weighted by Crippen LogP contribution is -2.52. The molecule has 2 rings (SSSR count). The molecule has 1 aromatic rings. The van der Waals surface area contributed by atoms with Crippen molar-refractivity contribution in [1.82, 2.24) is 9.47 Å². The van der Waals surface area contributed by atoms with E-state index < -0.39 is 12.1 Å². The third-order valence-electron chi connectivity index (χ3n) is 3.01. The predicted octanol–water partition coefficient (Wildman–Crippen LogP) is 0.993. The normalized spacial score (nSPS) is 23.4. The fourth-order valence-corrected chi connectivity index (χ4v) is 2.40. The first-order valence-corrected chi connectivity index (χ1v) is 6.25. The van der Waals surface area contributed by atoms with Gasteiger partial charge < -0.3 is 19.3 Å². The van der Waals surface area contributed by atoms with Crippen molar-refractivity contribution in [2.45, 2.75) is 19.1 Å². The third kappa shape index (κ3) is 2.90. The summed E-state index contributed by atoms with van der Waals surface area (Å²) in [6.45, 7) is 2.15. The number of carboxylic acids is 1. The van der Waals surface area contributed by atoms with Gasteiger partial charge in [-0.25, -0.2) is 4.79 Å². The largest absolute Gasteiger partial charge is 0.479 e. The Labute approximate surface area is 115 Å². The van der Waals surface area contributed by atoms with Crippen LogP contribution in [-0.2, 0) is 16.6 Å². The highest BCUT2D eigenvalue weighted by Gasteiger charge is 2.33. The van der Waals surface area contributed by atoms with Gasteiger partial charge in [0.15, 0.2) is 6.10 Å². The van der Waals surface area contributed by atoms with Gasteiger partial charge in [0.1, 0.15) is 5.69 Å². The molecular formula is C12H15ClN2O4. The molecule has 1 aliphatic rings. The smallest absolute Gasteiger partial charge is 0.334 e. The van der Waals surface area contributed by atoms with Crippen molar-refractivity contribution in [3.8, 4) is 0 Å². The fraction of sp³-hybridized carbons (Fsp3) is 0.500. The van der Waals surface area contributed by atoms with Crippen LogP contribution in [0.3, 0.4) is 0 Å². The lowest BCUT2D eigenvalue weighted by molar-refractivity contribution is -0.160. The predicted molar refractivity (Wildman–Crippen MR) is 68.3 cm³/mol. The minimum absolute atomic E-state index is 0.0430. The van der Waals surface area contributed by atoms with Crippen molar-refractivity contribution < 1.29 is 19.4 Å². The Hall–Kier alpha value is -1.53. The molecule has 1 unspecified atom stereocenters. The molecule has 0 radical (unpaired) electrons. The monoisotopic (exact) mass is 286 g/mol. The summed E-state index contributed by atoms with van der Waals surface area (Å²) in [5.41, 5.74) is 0.434. The zero-order chi connectivity index (χ0) is 14.2. The molecule has 0 aliphatic carbocycles. The topological polar surface area (TPSA) is 71.8 Å². The van der Waals surface area contributed by atoms with Crippen LogP contribution >= 0.6 is 11.6 Å². The summed E-state index contributed by atoms with van der Waals surface area (Å²) in [5.74, 6) is -1.30. The van der Waals surface area contributed by atoms with Crippen LogP contribution in [0.15, 0.2) is 12.3 Å². The summed E-state index contributed by atoms with van der Waals surface area (Å²) in [4.78, 5) is 24.8. The zero-order valence-corrected chi connectivity index (χ0v) is 11.4. The first kappa shape index (κ1) is 13.9. The maximum Gasteiger partial charge on any atom is 0.334 e. The third-order valence-corrected chi connectivity index (χ3v) is 3.22. The number of morpholine rings is 1. The average Bonchev–Trinajstić information content (AvgIpc) is 2.66. The van der Waals surface area contributed by atoms with Crippen molar-refractivity contribution in [3.05, 3.63) is 23.0 Å². The van der Waals surface area contributed by atoms with E-state index in [4.69, 9.17) is 21.4 Å². The fourth-order valence-electron chi connectivity index (χ4n) is 2.15. The number of hydrogen-bond acceptors (Lipinski definition) is 3. The summed E-state index contributed by atoms with van der Waals surface area (Å²) in [6.07, 6.45) is 0.339. The molecule has 6 nitrogen and oxygen atoms in total. The van der Waals surface area contributed by atoms with Gasteiger partial charge in [0, 0.05) is 19.8 Å². The minimum Gasteiger partial charge on any atom is -0.479 e. The number of halogens is 1. The van der Waals surface area contributed by atoms with Crippen LogP contribution in [0.4, 0.5) is 0 Å². The Morgan fingerprint density at radius 2 is 2.16 bits per heavy atom. The van der Waals surface area contributed by atoms with E-state index in [-0.39, 0.29) is 18.6 Å². The minimum atomic E-state index is -1.06. The second-order valence-corrected chi connectivity index (χ2v) is 5.07. The number of amides is 1. The number of carbonyl (C=O) groups is 2. The molecule has 0 aromatic carbocycles. The molecule has 2 atom stereocenters. The number of nitrogens with zero attached hydrogens (tertiary/aromatic N) is 2. The maximum absolute atomic E-state index is 12.3. The molecular weight excluding hydrogens is 272 g/mol. The molecule has 1 N–H and O–H groups in total. The van der Waals surface area contributed by atoms with E-state index in [0.717, 1.165) is 0 Å². The number of ether oxygens (including phenoxy) is 1. The van der Waals surface area contributed by atoms with E-state index in [9.17, 15) is 9.59 Å². The quantitative estimate of drug-likeness (QED) is 0.880. The second-order valence-electron chi connectivity index (χ2n) is 4.64. The highest BCUT2D eigenvalue weighted by Crippen LogP contribution is 2.18. The number of hydrogen-bond donors (Lipinski definition) is 1. The summed E-state index contributed by atoms with van der Waals surface area (Å²) in [6, 6.07) is 1.57. The molecule has 7 heteroatoms. The molecule has 19 heavy (non-hydrogen) atoms. The number of aryl methyl sites for hydroxylation is 1. The molecule has 0 bridgehead atoms. The van der Waals surface area contributed by atoms with Crippen LogP contribution < -0.4 is 0 Å². The van der Waals surface area contributed by atoms with E-state index in [1.807, 2.05) is 0 Å². The van der Waals surface area contributed by atoms with E-state index in [1.54, 1.807) is 30.8 Å². The molecule has 0 spiro atoms. The van der Waals surface area contributed by atoms with Crippen LogP contribution in [0.2, 0.25) is 5.02 Å². The molecule has 1 amide bonds. The van der Waals surface area contributed by atoms with Crippen LogP contribution in [-0.4, -0.2) is 51.7 Å². The standard InChI is InChI=1S/C12H15ClN2O4/c1-7-4-15(6-10(19-7)12(17)18)11(16)9-3-8(13)5-14(9)2/h3,5,7,10H,4,6H2,1-2H3,(H,17,18)/t7-,10?/m1/s1. The second kappa shape index (κ2) is 5.22. The average molecular weight is 287 g/mol. The molecule has 1 aromatic heterocycles. The van der Waals surface area contributed by atoms with Gasteiger partial charge in [-0.2, -0.15) is 0 Å². The Kier molecular flexibility index (Phi) is 3.82. The van der Waals surface area contributed by atoms with Gasteiger partial charge in [0.2, 0.25) is 0 Å². The maximum atomic E-state index is 12.3. The highest BCUT2D eigenvalue weighted by atomic mass is 35.5. The van der Waals surface area contributed by atoms with Gasteiger partial charge in [-0.1, -0.05) is 11.6 Å². The number of aliphatic carboxylic acids is 1. The van der Waals surface area contributed by atoms with Gasteiger partial charge in [-0.15, -0.1) is 0 Å². The summed E-state index contributed by atoms with van der Waals surface area (Å²) in [5, 5.41) is 9.47. The van der Waals surface area contributed by atoms with E-state index >= 15 is 0 Å². The van der Waals surface area contributed by atoms with Crippen molar-refractivity contribution in [2.24, 2.45) is 7.05 Å². The van der Waals surface area contributed by atoms with Crippen LogP contribution in [0, 0.1) is 0 Å². The number of aromatic nitrogens is 1. The Morgan fingerprint density at radius 3 is 2.68 bits per heavy atom. The summed E-state index contributed by atoms with van der Waals surface area (Å²) < 4.78 is 6.90. The van der Waals surface area contributed by atoms with Crippen molar-refractivity contribution in [1.29, 1.82) is 0 Å². The van der Waals surface area contributed by atoms with E-state index in [1.165, 1.54) is 4.90 Å². The first-order valence-electron chi connectivity index (χ1n) is 5.88. The van der Waals surface area contributed by atoms with Crippen molar-refractivity contribution in [2.75, 3.05) is 13.1 Å². The Bertz CT molecular complexity index is 514. The number of rotatable bonds is 2. The van der Waals surface area contributed by atoms with Gasteiger partial charge >= 0.3 is 5.97 Å². The lowest BCUT2D eigenvalue weighted by atomic mass is 10.2. The molecule has 1 saturated heterocycles. The van der Waals surface area contributed by atoms with Gasteiger partial charge in [-0.3, -0.25) is 4.79 Å². The molecule has 2 heterocycles. The molecule has 0 saturated carbocycles. The number of carbonyl (C=O) groups excluding carboxylic acids is 1. The van der Waals surface area contributed by atoms with Crippen molar-refractivity contribution >= 4 is 23.5 Å². The zero-order valence-electron chi connectivity index (χ0n) is 10.7. The molecule has 104 valence electrons. The molecule has 1 fully saturated rings. The van der Waals surface area contributed by atoms with Crippen molar-refractivity contribution in [3.63, 3.8) is 0 Å². The van der Waals surface area contributed by atoms with Gasteiger partial charge in [0.25, 0.3) is 5.91 Å². The number of carboxylic acid groups (broad SMARTS) is 1. The van der Waals surface area contributed by atoms with Gasteiger partial charge in [0.05, 0.1) is 17.7 Å². The van der Waals surface area contributed by atoms with Gasteiger partial charge in [-0.05, 0) is 13.0 Å². The Morgan fingerprint density at radius 1 is 1.47 bits per heavy atom. The van der Waals surface area contributed by atoms with E-state index in [2.05, 4.69) is 0 Å². The first-order chi connectivity index (χ1) is 8.88. The van der Waals surface area contributed by atoms with Crippen LogP contribution in [0.5, 0.6) is 0 Å². The van der Waals surface area contributed by atoms with Crippen LogP contribution in [0.1, 0.15) is 17.4 Å². The summed E-state index contributed by atoms with van der Waals surface area (Å²) in [7, 11) is 1.72. The lowest BCUT2D eigenvalue weighted by Gasteiger charge is -2.34. The summed E-state index contributed by atoms with van der Waals surface area (Å²) >= 11 is 5.85. The Balaban J connectivity index is 2.18. The van der Waals surface area contributed by atoms with E-state index in [0.29, 0.717) is 17.3 Å². The molecule has 1 aliphatic heterocycles. The SMILES string of the molecule is C[C@@H]1CN(C(=O)c2cc(Cl)cn2C)CC(C(=O)O)O1. The van der Waals surface area contributed by atoms with Crippen LogP contribution in [0.25, 0.3) is 0 Å². The highest BCUT2D eigenvalue weighted by molar-refractivity contribution is 6.31.